The minimum atomic E-state index is -4.24. The second-order valence-corrected chi connectivity index (χ2v) is 7.40. The maximum atomic E-state index is 12.6. The van der Waals surface area contributed by atoms with Crippen LogP contribution in [-0.4, -0.2) is 29.0 Å². The van der Waals surface area contributed by atoms with Crippen molar-refractivity contribution in [3.63, 3.8) is 0 Å². The van der Waals surface area contributed by atoms with Crippen LogP contribution >= 0.6 is 0 Å². The molecule has 2 aromatic rings. The number of carboxylic acids is 1. The van der Waals surface area contributed by atoms with Gasteiger partial charge in [0, 0.05) is 17.5 Å². The molecule has 1 N–H and O–H groups in total. The second kappa shape index (κ2) is 11.5. The first-order valence-corrected chi connectivity index (χ1v) is 10.3. The van der Waals surface area contributed by atoms with Crippen LogP contribution in [0.2, 0.25) is 0 Å². The highest BCUT2D eigenvalue weighted by atomic mass is 19.4. The fourth-order valence-corrected chi connectivity index (χ4v) is 3.50. The summed E-state index contributed by atoms with van der Waals surface area (Å²) in [5.41, 5.74) is 2.10. The average molecular weight is 419 g/mol. The third-order valence-corrected chi connectivity index (χ3v) is 5.03. The normalized spacial score (nSPS) is 13.5. The van der Waals surface area contributed by atoms with Crippen LogP contribution in [0.1, 0.15) is 56.6 Å². The zero-order valence-corrected chi connectivity index (χ0v) is 17.1. The lowest BCUT2D eigenvalue weighted by molar-refractivity contribution is -0.140. The van der Waals surface area contributed by atoms with E-state index >= 15 is 0 Å². The summed E-state index contributed by atoms with van der Waals surface area (Å²) in [5, 5.41) is 9.92. The van der Waals surface area contributed by atoms with Gasteiger partial charge in [0.05, 0.1) is 5.71 Å². The lowest BCUT2D eigenvalue weighted by Crippen LogP contribution is -2.30. The van der Waals surface area contributed by atoms with E-state index in [2.05, 4.69) is 4.99 Å². The number of nitrogens with zero attached hydrogens (tertiary/aromatic N) is 1. The Morgan fingerprint density at radius 1 is 0.933 bits per heavy atom. The third-order valence-electron chi connectivity index (χ3n) is 5.03. The molecule has 0 spiro atoms. The van der Waals surface area contributed by atoms with Crippen molar-refractivity contribution in [2.75, 3.05) is 0 Å². The zero-order valence-electron chi connectivity index (χ0n) is 17.1. The zero-order chi connectivity index (χ0) is 22.0. The number of halogens is 3. The van der Waals surface area contributed by atoms with Gasteiger partial charge in [-0.15, -0.1) is 0 Å². The van der Waals surface area contributed by atoms with Crippen molar-refractivity contribution >= 4 is 11.7 Å². The number of benzene rings is 2. The Hall–Kier alpha value is -2.63. The number of aliphatic carboxylic acids is 1. The molecule has 0 aliphatic heterocycles. The van der Waals surface area contributed by atoms with Crippen molar-refractivity contribution in [3.05, 3.63) is 71.8 Å². The monoisotopic (exact) mass is 419 g/mol. The summed E-state index contributed by atoms with van der Waals surface area (Å²) in [5.74, 6) is -1.56. The molecule has 1 unspecified atom stereocenters. The van der Waals surface area contributed by atoms with E-state index in [0.29, 0.717) is 12.1 Å². The van der Waals surface area contributed by atoms with Crippen molar-refractivity contribution < 1.29 is 23.1 Å². The minimum Gasteiger partial charge on any atom is -0.480 e. The molecule has 0 saturated carbocycles. The first kappa shape index (κ1) is 23.6. The van der Waals surface area contributed by atoms with Gasteiger partial charge in [0.2, 0.25) is 0 Å². The quantitative estimate of drug-likeness (QED) is 0.422. The highest BCUT2D eigenvalue weighted by molar-refractivity contribution is 6.13. The smallest absolute Gasteiger partial charge is 0.389 e. The van der Waals surface area contributed by atoms with E-state index in [1.54, 1.807) is 0 Å². The van der Waals surface area contributed by atoms with Crippen LogP contribution in [0.3, 0.4) is 0 Å². The molecule has 2 rings (SSSR count). The molecule has 0 aliphatic carbocycles. The molecule has 0 bridgehead atoms. The molecular formula is C24H28F3NO2. The number of rotatable bonds is 11. The van der Waals surface area contributed by atoms with E-state index in [1.807, 2.05) is 67.6 Å². The predicted octanol–water partition coefficient (Wildman–Crippen LogP) is 6.52. The molecule has 162 valence electrons. The second-order valence-electron chi connectivity index (χ2n) is 7.40. The van der Waals surface area contributed by atoms with Gasteiger partial charge in [0.25, 0.3) is 0 Å². The lowest BCUT2D eigenvalue weighted by Gasteiger charge is -2.23. The largest absolute Gasteiger partial charge is 0.480 e. The van der Waals surface area contributed by atoms with Crippen molar-refractivity contribution in [2.24, 2.45) is 10.9 Å². The average Bonchev–Trinajstić information content (AvgIpc) is 2.72. The number of hydrogen-bond acceptors (Lipinski definition) is 2. The predicted molar refractivity (Wildman–Crippen MR) is 113 cm³/mol. The number of unbranched alkanes of at least 4 members (excludes halogenated alkanes) is 1. The van der Waals surface area contributed by atoms with Crippen LogP contribution in [-0.2, 0) is 4.79 Å². The van der Waals surface area contributed by atoms with Gasteiger partial charge < -0.3 is 5.11 Å². The number of carbonyl (C=O) groups is 1. The van der Waals surface area contributed by atoms with Gasteiger partial charge in [-0.1, -0.05) is 80.4 Å². The first-order chi connectivity index (χ1) is 14.3. The molecule has 3 nitrogen and oxygen atoms in total. The maximum Gasteiger partial charge on any atom is 0.389 e. The number of carboxylic acid groups (broad SMARTS) is 1. The van der Waals surface area contributed by atoms with Crippen molar-refractivity contribution in [1.29, 1.82) is 0 Å². The van der Waals surface area contributed by atoms with Gasteiger partial charge in [0.15, 0.2) is 6.04 Å². The third kappa shape index (κ3) is 7.65. The summed E-state index contributed by atoms with van der Waals surface area (Å²) >= 11 is 0. The molecule has 30 heavy (non-hydrogen) atoms. The molecule has 2 atom stereocenters. The molecule has 0 amide bonds. The summed E-state index contributed by atoms with van der Waals surface area (Å²) < 4.78 is 37.9. The Kier molecular flexibility index (Phi) is 9.09. The minimum absolute atomic E-state index is 0.0941. The molecular weight excluding hydrogens is 391 g/mol. The van der Waals surface area contributed by atoms with Crippen LogP contribution in [0, 0.1) is 5.92 Å². The van der Waals surface area contributed by atoms with Gasteiger partial charge in [-0.3, -0.25) is 4.99 Å². The maximum absolute atomic E-state index is 12.6. The summed E-state index contributed by atoms with van der Waals surface area (Å²) in [7, 11) is 0. The van der Waals surface area contributed by atoms with Crippen molar-refractivity contribution in [3.8, 4) is 0 Å². The number of hydrogen-bond donors (Lipinski definition) is 1. The summed E-state index contributed by atoms with van der Waals surface area (Å²) in [4.78, 5) is 16.8. The Balaban J connectivity index is 2.40. The Bertz CT molecular complexity index is 763. The van der Waals surface area contributed by atoms with Gasteiger partial charge in [-0.05, 0) is 25.2 Å². The van der Waals surface area contributed by atoms with E-state index in [9.17, 15) is 23.1 Å². The molecule has 0 fully saturated rings. The molecule has 0 heterocycles. The standard InChI is InChI=1S/C24H28F3NO2/c1-2-3-11-20(16-10-17-24(25,26)27)22(23(29)30)28-21(18-12-6-4-7-13-18)19-14-8-5-9-15-19/h4-9,12-15,20,22H,2-3,10-11,16-17H2,1H3,(H,29,30)/t20?,22-/m0/s1. The van der Waals surface area contributed by atoms with E-state index < -0.39 is 30.5 Å². The lowest BCUT2D eigenvalue weighted by atomic mass is 9.88. The fraction of sp³-hybridized carbons (Fsp3) is 0.417. The van der Waals surface area contributed by atoms with E-state index in [4.69, 9.17) is 0 Å². The van der Waals surface area contributed by atoms with Gasteiger partial charge >= 0.3 is 12.1 Å². The molecule has 0 radical (unpaired) electrons. The summed E-state index contributed by atoms with van der Waals surface area (Å²) in [6.45, 7) is 1.98. The first-order valence-electron chi connectivity index (χ1n) is 10.3. The van der Waals surface area contributed by atoms with Crippen LogP contribution < -0.4 is 0 Å². The highest BCUT2D eigenvalue weighted by Crippen LogP contribution is 2.28. The molecule has 0 aliphatic rings. The Morgan fingerprint density at radius 2 is 1.43 bits per heavy atom. The molecule has 6 heteroatoms. The van der Waals surface area contributed by atoms with Crippen molar-refractivity contribution in [1.82, 2.24) is 0 Å². The molecule has 2 aromatic carbocycles. The van der Waals surface area contributed by atoms with Gasteiger partial charge in [0.1, 0.15) is 0 Å². The van der Waals surface area contributed by atoms with Gasteiger partial charge in [-0.25, -0.2) is 4.79 Å². The summed E-state index contributed by atoms with van der Waals surface area (Å²) in [6, 6.07) is 17.5. The van der Waals surface area contributed by atoms with Gasteiger partial charge in [-0.2, -0.15) is 13.2 Å². The Labute approximate surface area is 175 Å². The topological polar surface area (TPSA) is 49.7 Å². The number of alkyl halides is 3. The number of aliphatic imine (C=N–C) groups is 1. The highest BCUT2D eigenvalue weighted by Gasteiger charge is 2.31. The van der Waals surface area contributed by atoms with Crippen LogP contribution in [0.4, 0.5) is 13.2 Å². The van der Waals surface area contributed by atoms with E-state index in [1.165, 1.54) is 0 Å². The summed E-state index contributed by atoms with van der Waals surface area (Å²) in [6.07, 6.45) is -2.93. The van der Waals surface area contributed by atoms with Crippen LogP contribution in [0.25, 0.3) is 0 Å². The molecule has 0 aromatic heterocycles. The van der Waals surface area contributed by atoms with Crippen molar-refractivity contribution in [2.45, 2.75) is 57.7 Å². The Morgan fingerprint density at radius 3 is 1.87 bits per heavy atom. The van der Waals surface area contributed by atoms with Crippen LogP contribution in [0.5, 0.6) is 0 Å². The van der Waals surface area contributed by atoms with E-state index in [0.717, 1.165) is 24.0 Å². The van der Waals surface area contributed by atoms with E-state index in [-0.39, 0.29) is 12.8 Å². The molecule has 0 saturated heterocycles. The SMILES string of the molecule is CCCCC(CCCC(F)(F)F)[C@H](N=C(c1ccccc1)c1ccccc1)C(=O)O. The fourth-order valence-electron chi connectivity index (χ4n) is 3.50. The van der Waals surface area contributed by atoms with Crippen LogP contribution in [0.15, 0.2) is 65.7 Å².